The van der Waals surface area contributed by atoms with Gasteiger partial charge in [0.05, 0.1) is 0 Å². The summed E-state index contributed by atoms with van der Waals surface area (Å²) >= 11 is 6.80. The van der Waals surface area contributed by atoms with Gasteiger partial charge in [0.2, 0.25) is 34.8 Å². The summed E-state index contributed by atoms with van der Waals surface area (Å²) in [6.45, 7) is 0. The fourth-order valence-corrected chi connectivity index (χ4v) is 9.46. The van der Waals surface area contributed by atoms with Crippen LogP contribution in [0.5, 0.6) is 0 Å². The van der Waals surface area contributed by atoms with Gasteiger partial charge in [0, 0.05) is 53.9 Å². The number of nitrogens with one attached hydrogen (secondary N) is 4. The van der Waals surface area contributed by atoms with E-state index < -0.39 is 45.7 Å². The molecule has 10 rings (SSSR count). The van der Waals surface area contributed by atoms with Gasteiger partial charge in [-0.1, -0.05) is 68.3 Å². The molecule has 4 atom stereocenters. The summed E-state index contributed by atoms with van der Waals surface area (Å²) in [4.78, 5) is 53.2. The molecule has 6 aliphatic heterocycles. The molecule has 0 fully saturated rings. The van der Waals surface area contributed by atoms with Crippen molar-refractivity contribution in [2.75, 3.05) is 21.3 Å². The third-order valence-electron chi connectivity index (χ3n) is 10.7. The lowest BCUT2D eigenvalue weighted by Crippen LogP contribution is -2.56. The molecule has 0 bridgehead atoms. The van der Waals surface area contributed by atoms with E-state index in [-0.39, 0.29) is 22.9 Å². The second-order valence-corrected chi connectivity index (χ2v) is 14.9. The van der Waals surface area contributed by atoms with E-state index in [0.717, 1.165) is 0 Å². The van der Waals surface area contributed by atoms with Crippen LogP contribution in [-0.2, 0) is 50.7 Å². The Morgan fingerprint density at radius 1 is 0.519 bits per heavy atom. The van der Waals surface area contributed by atoms with E-state index in [1.165, 1.54) is 0 Å². The molecule has 4 amide bonds. The summed E-state index contributed by atoms with van der Waals surface area (Å²) in [6.07, 6.45) is 0. The number of nitrogens with two attached hydrogens (primary N) is 2. The molecule has 16 heteroatoms. The summed E-state index contributed by atoms with van der Waals surface area (Å²) < 4.78 is 13.2. The highest BCUT2D eigenvalue weighted by Gasteiger charge is 2.77. The molecule has 6 aliphatic rings. The lowest BCUT2D eigenvalue weighted by molar-refractivity contribution is -0.146. The van der Waals surface area contributed by atoms with E-state index in [9.17, 15) is 29.7 Å². The average Bonchev–Trinajstić information content (AvgIpc) is 3.93. The number of ether oxygens (including phenoxy) is 2. The molecule has 6 heterocycles. The molecule has 14 nitrogen and oxygen atoms in total. The molecule has 264 valence electrons. The number of fused-ring (bicyclic) bond motifs is 10. The summed E-state index contributed by atoms with van der Waals surface area (Å²) in [7, 11) is 0. The van der Waals surface area contributed by atoms with Crippen LogP contribution in [0.4, 0.5) is 22.7 Å². The Balaban J connectivity index is 0.000000142. The zero-order chi connectivity index (χ0) is 37.9. The van der Waals surface area contributed by atoms with Crippen LogP contribution in [0.3, 0.4) is 0 Å². The van der Waals surface area contributed by atoms with Crippen molar-refractivity contribution in [2.45, 2.75) is 22.0 Å². The summed E-state index contributed by atoms with van der Waals surface area (Å²) in [5.41, 5.74) is 8.79. The first-order valence-electron chi connectivity index (χ1n) is 16.2. The van der Waals surface area contributed by atoms with Crippen molar-refractivity contribution in [1.29, 1.82) is 10.5 Å². The van der Waals surface area contributed by atoms with E-state index in [1.54, 1.807) is 84.9 Å². The van der Waals surface area contributed by atoms with Gasteiger partial charge in [-0.3, -0.25) is 19.2 Å². The van der Waals surface area contributed by atoms with Gasteiger partial charge in [0.1, 0.15) is 23.3 Å². The number of nitriles is 2. The first-order chi connectivity index (χ1) is 25.9. The van der Waals surface area contributed by atoms with Crippen LogP contribution in [-0.4, -0.2) is 23.6 Å². The summed E-state index contributed by atoms with van der Waals surface area (Å²) in [5, 5.41) is 30.8. The van der Waals surface area contributed by atoms with Crippen molar-refractivity contribution in [2.24, 2.45) is 11.5 Å². The van der Waals surface area contributed by atoms with Crippen molar-refractivity contribution in [1.82, 2.24) is 0 Å². The van der Waals surface area contributed by atoms with Gasteiger partial charge in [-0.15, -0.1) is 0 Å². The third kappa shape index (κ3) is 3.61. The molecule has 4 aromatic rings. The van der Waals surface area contributed by atoms with Crippen molar-refractivity contribution >= 4 is 78.2 Å². The Morgan fingerprint density at radius 3 is 1.26 bits per heavy atom. The van der Waals surface area contributed by atoms with Gasteiger partial charge in [-0.25, -0.2) is 0 Å². The first kappa shape index (κ1) is 33.2. The van der Waals surface area contributed by atoms with E-state index in [4.69, 9.17) is 20.9 Å². The minimum Gasteiger partial charge on any atom is -0.455 e. The fourth-order valence-electron chi connectivity index (χ4n) is 8.74. The number of hydrogen-bond acceptors (Lipinski definition) is 10. The Morgan fingerprint density at radius 2 is 0.870 bits per heavy atom. The molecule has 0 saturated carbocycles. The van der Waals surface area contributed by atoms with E-state index >= 15 is 0 Å². The van der Waals surface area contributed by atoms with Crippen LogP contribution in [0, 0.1) is 22.7 Å². The van der Waals surface area contributed by atoms with Crippen LogP contribution >= 0.6 is 31.9 Å². The number of carbonyl (C=O) groups excluding carboxylic acids is 4. The second kappa shape index (κ2) is 11.0. The maximum Gasteiger partial charge on any atom is 0.275 e. The number of rotatable bonds is 0. The van der Waals surface area contributed by atoms with Crippen LogP contribution < -0.4 is 32.7 Å². The number of halogens is 2. The molecular weight excluding hydrogens is 824 g/mol. The normalized spacial score (nSPS) is 27.3. The van der Waals surface area contributed by atoms with E-state index in [1.807, 2.05) is 12.1 Å². The van der Waals surface area contributed by atoms with Gasteiger partial charge in [0.15, 0.2) is 10.8 Å². The maximum atomic E-state index is 13.3. The van der Waals surface area contributed by atoms with Crippen LogP contribution in [0.2, 0.25) is 0 Å². The molecular formula is C38H22Br2N8O6. The summed E-state index contributed by atoms with van der Waals surface area (Å²) in [6, 6.07) is 28.2. The summed E-state index contributed by atoms with van der Waals surface area (Å²) in [5.74, 6) is -2.60. The predicted molar refractivity (Wildman–Crippen MR) is 198 cm³/mol. The topological polar surface area (TPSA) is 234 Å². The molecule has 0 unspecified atom stereocenters. The largest absolute Gasteiger partial charge is 0.455 e. The highest BCUT2D eigenvalue weighted by atomic mass is 79.9. The molecule has 0 aliphatic carbocycles. The van der Waals surface area contributed by atoms with Crippen molar-refractivity contribution in [3.05, 3.63) is 139 Å². The SMILES string of the molecule is N#CC1=C(N)O[C@@]2(C(=O)Nc3ccc(Br)cc32)[C@]12C(=O)Nc1ccccc12.N#CC1=C(N)O[C@]2(C(=O)Nc3ccc(Br)cc32)[C@@]12C(=O)Nc1ccccc12. The Hall–Kier alpha value is -6.62. The number of para-hydroxylation sites is 2. The molecule has 0 aromatic heterocycles. The highest BCUT2D eigenvalue weighted by Crippen LogP contribution is 2.65. The first-order valence-corrected chi connectivity index (χ1v) is 17.8. The minimum atomic E-state index is -1.81. The zero-order valence-corrected chi connectivity index (χ0v) is 30.5. The van der Waals surface area contributed by atoms with Crippen molar-refractivity contribution in [3.8, 4) is 12.1 Å². The number of benzene rings is 4. The molecule has 4 spiro atoms. The van der Waals surface area contributed by atoms with Gasteiger partial charge in [0.25, 0.3) is 11.8 Å². The van der Waals surface area contributed by atoms with E-state index in [0.29, 0.717) is 53.9 Å². The Bertz CT molecular complexity index is 2480. The quantitative estimate of drug-likeness (QED) is 0.146. The Kier molecular flexibility index (Phi) is 6.74. The van der Waals surface area contributed by atoms with Gasteiger partial charge in [-0.2, -0.15) is 10.5 Å². The molecule has 8 N–H and O–H groups in total. The van der Waals surface area contributed by atoms with E-state index in [2.05, 4.69) is 53.1 Å². The average molecular weight is 846 g/mol. The number of amides is 4. The smallest absolute Gasteiger partial charge is 0.275 e. The molecule has 0 radical (unpaired) electrons. The van der Waals surface area contributed by atoms with Crippen LogP contribution in [0.25, 0.3) is 0 Å². The maximum absolute atomic E-state index is 13.3. The number of anilines is 4. The fraction of sp³-hybridized carbons (Fsp3) is 0.105. The third-order valence-corrected chi connectivity index (χ3v) is 11.7. The highest BCUT2D eigenvalue weighted by molar-refractivity contribution is 9.10. The van der Waals surface area contributed by atoms with Gasteiger partial charge in [-0.05, 0) is 48.5 Å². The van der Waals surface area contributed by atoms with Gasteiger partial charge >= 0.3 is 0 Å². The molecule has 0 saturated heterocycles. The molecule has 54 heavy (non-hydrogen) atoms. The van der Waals surface area contributed by atoms with Crippen molar-refractivity contribution < 1.29 is 28.7 Å². The van der Waals surface area contributed by atoms with Crippen LogP contribution in [0.1, 0.15) is 22.3 Å². The number of hydrogen-bond donors (Lipinski definition) is 6. The van der Waals surface area contributed by atoms with Gasteiger partial charge < -0.3 is 42.2 Å². The lowest BCUT2D eigenvalue weighted by Gasteiger charge is -2.36. The zero-order valence-electron chi connectivity index (χ0n) is 27.3. The standard InChI is InChI=1S/2C19H11BrN4O3/c2*20-9-5-6-14-11(7-9)19(17(26)24-14)18(12(8-21)15(22)27-19)10-3-1-2-4-13(10)23-16(18)25/h2*1-7H,22H2,(H,23,25)(H,24,26)/t2*18-,19-/m10/s1. The monoisotopic (exact) mass is 844 g/mol. The Labute approximate surface area is 322 Å². The lowest BCUT2D eigenvalue weighted by atomic mass is 9.62. The minimum absolute atomic E-state index is 0.0760. The van der Waals surface area contributed by atoms with Crippen molar-refractivity contribution in [3.63, 3.8) is 0 Å². The number of nitrogens with zero attached hydrogens (tertiary/aromatic N) is 2. The van der Waals surface area contributed by atoms with Crippen LogP contribution in [0.15, 0.2) is 117 Å². The number of carbonyl (C=O) groups is 4. The molecule has 4 aromatic carbocycles. The predicted octanol–water partition coefficient (Wildman–Crippen LogP) is 4.42. The second-order valence-electron chi connectivity index (χ2n) is 13.1.